The second-order valence-corrected chi connectivity index (χ2v) is 5.67. The molecule has 0 spiro atoms. The number of hydrogen-bond donors (Lipinski definition) is 0. The van der Waals surface area contributed by atoms with E-state index in [9.17, 15) is 4.79 Å². The molecule has 0 saturated heterocycles. The van der Waals surface area contributed by atoms with Crippen molar-refractivity contribution in [2.75, 3.05) is 6.26 Å². The summed E-state index contributed by atoms with van der Waals surface area (Å²) in [5.41, 5.74) is 2.08. The Morgan fingerprint density at radius 1 is 1.13 bits per heavy atom. The Kier molecular flexibility index (Phi) is 4.78. The lowest BCUT2D eigenvalue weighted by Crippen LogP contribution is -2.06. The zero-order valence-corrected chi connectivity index (χ0v) is 13.4. The quantitative estimate of drug-likeness (QED) is 0.513. The topological polar surface area (TPSA) is 52.3 Å². The molecule has 23 heavy (non-hydrogen) atoms. The minimum atomic E-state index is -0.362. The largest absolute Gasteiger partial charge is 0.455 e. The second-order valence-electron chi connectivity index (χ2n) is 4.82. The van der Waals surface area contributed by atoms with Crippen LogP contribution in [-0.2, 0) is 11.3 Å². The number of ether oxygens (including phenoxy) is 1. The van der Waals surface area contributed by atoms with Crippen molar-refractivity contribution in [2.24, 2.45) is 0 Å². The Bertz CT molecular complexity index is 799. The fourth-order valence-electron chi connectivity index (χ4n) is 2.15. The lowest BCUT2D eigenvalue weighted by atomic mass is 10.2. The molecule has 0 fully saturated rings. The Labute approximate surface area is 138 Å². The Hall–Kier alpha value is -2.53. The van der Waals surface area contributed by atoms with Gasteiger partial charge in [0.05, 0.1) is 5.56 Å². The molecule has 1 heterocycles. The molecule has 0 N–H and O–H groups in total. The molecule has 0 bridgehead atoms. The van der Waals surface area contributed by atoms with Crippen LogP contribution in [-0.4, -0.2) is 17.4 Å². The van der Waals surface area contributed by atoms with Crippen LogP contribution in [0.15, 0.2) is 70.1 Å². The fraction of sp³-hybridized carbons (Fsp3) is 0.111. The van der Waals surface area contributed by atoms with Gasteiger partial charge >= 0.3 is 5.97 Å². The van der Waals surface area contributed by atoms with Crippen LogP contribution in [0.25, 0.3) is 11.3 Å². The number of aromatic nitrogens is 1. The van der Waals surface area contributed by atoms with E-state index < -0.39 is 0 Å². The highest BCUT2D eigenvalue weighted by Crippen LogP contribution is 2.22. The minimum absolute atomic E-state index is 0.0812. The monoisotopic (exact) mass is 325 g/mol. The summed E-state index contributed by atoms with van der Waals surface area (Å²) in [5.74, 6) is 0.292. The summed E-state index contributed by atoms with van der Waals surface area (Å²) in [7, 11) is 0. The van der Waals surface area contributed by atoms with Gasteiger partial charge in [-0.2, -0.15) is 0 Å². The molecule has 116 valence electrons. The molecule has 1 aromatic heterocycles. The Balaban J connectivity index is 1.67. The first-order valence-corrected chi connectivity index (χ1v) is 8.31. The summed E-state index contributed by atoms with van der Waals surface area (Å²) >= 11 is 1.51. The van der Waals surface area contributed by atoms with Gasteiger partial charge < -0.3 is 9.26 Å². The van der Waals surface area contributed by atoms with Crippen LogP contribution in [0, 0.1) is 0 Å². The highest BCUT2D eigenvalue weighted by molar-refractivity contribution is 7.98. The third-order valence-corrected chi connectivity index (χ3v) is 4.09. The Morgan fingerprint density at radius 2 is 1.87 bits per heavy atom. The molecule has 0 aliphatic carbocycles. The van der Waals surface area contributed by atoms with Crippen molar-refractivity contribution in [3.05, 3.63) is 71.9 Å². The maximum atomic E-state index is 12.2. The first-order chi connectivity index (χ1) is 11.3. The van der Waals surface area contributed by atoms with Crippen molar-refractivity contribution in [3.8, 4) is 11.3 Å². The van der Waals surface area contributed by atoms with Gasteiger partial charge in [0.1, 0.15) is 12.3 Å². The number of nitrogens with zero attached hydrogens (tertiary/aromatic N) is 1. The van der Waals surface area contributed by atoms with Gasteiger partial charge in [-0.25, -0.2) is 4.79 Å². The molecule has 3 rings (SSSR count). The van der Waals surface area contributed by atoms with Crippen LogP contribution in [0.2, 0.25) is 0 Å². The predicted molar refractivity (Wildman–Crippen MR) is 89.3 cm³/mol. The average molecular weight is 325 g/mol. The van der Waals surface area contributed by atoms with E-state index in [4.69, 9.17) is 9.26 Å². The number of carbonyl (C=O) groups excluding carboxylic acids is 1. The zero-order valence-electron chi connectivity index (χ0n) is 12.6. The van der Waals surface area contributed by atoms with Crippen molar-refractivity contribution in [2.45, 2.75) is 11.5 Å². The second kappa shape index (κ2) is 7.15. The molecule has 0 radical (unpaired) electrons. The van der Waals surface area contributed by atoms with Crippen molar-refractivity contribution in [3.63, 3.8) is 0 Å². The summed E-state index contributed by atoms with van der Waals surface area (Å²) in [6.07, 6.45) is 1.93. The van der Waals surface area contributed by atoms with Gasteiger partial charge in [0.15, 0.2) is 5.76 Å². The molecule has 0 atom stereocenters. The van der Waals surface area contributed by atoms with Crippen LogP contribution < -0.4 is 0 Å². The fourth-order valence-corrected chi connectivity index (χ4v) is 2.73. The SMILES string of the molecule is CSc1ccccc1C(=O)OCc1cc(-c2ccccc2)on1. The highest BCUT2D eigenvalue weighted by Gasteiger charge is 2.13. The Morgan fingerprint density at radius 3 is 2.65 bits per heavy atom. The molecule has 5 heteroatoms. The van der Waals surface area contributed by atoms with Gasteiger partial charge in [0, 0.05) is 16.5 Å². The van der Waals surface area contributed by atoms with E-state index >= 15 is 0 Å². The molecule has 0 aliphatic rings. The maximum Gasteiger partial charge on any atom is 0.339 e. The smallest absolute Gasteiger partial charge is 0.339 e. The summed E-state index contributed by atoms with van der Waals surface area (Å²) in [4.78, 5) is 13.1. The number of esters is 1. The van der Waals surface area contributed by atoms with E-state index in [1.165, 1.54) is 11.8 Å². The summed E-state index contributed by atoms with van der Waals surface area (Å²) in [6.45, 7) is 0.0812. The van der Waals surface area contributed by atoms with Crippen LogP contribution in [0.5, 0.6) is 0 Å². The van der Waals surface area contributed by atoms with Gasteiger partial charge in [0.2, 0.25) is 0 Å². The average Bonchev–Trinajstić information content (AvgIpc) is 3.09. The van der Waals surface area contributed by atoms with Gasteiger partial charge in [-0.1, -0.05) is 47.6 Å². The first-order valence-electron chi connectivity index (χ1n) is 7.09. The lowest BCUT2D eigenvalue weighted by molar-refractivity contribution is 0.0460. The van der Waals surface area contributed by atoms with E-state index in [2.05, 4.69) is 5.16 Å². The van der Waals surface area contributed by atoms with Crippen molar-refractivity contribution in [1.29, 1.82) is 0 Å². The number of benzene rings is 2. The molecule has 4 nitrogen and oxygen atoms in total. The van der Waals surface area contributed by atoms with Crippen LogP contribution in [0.3, 0.4) is 0 Å². The van der Waals surface area contributed by atoms with E-state index in [-0.39, 0.29) is 12.6 Å². The van der Waals surface area contributed by atoms with Crippen LogP contribution in [0.1, 0.15) is 16.1 Å². The number of carbonyl (C=O) groups is 1. The summed E-state index contributed by atoms with van der Waals surface area (Å²) in [6, 6.07) is 18.8. The third-order valence-electron chi connectivity index (χ3n) is 3.30. The highest BCUT2D eigenvalue weighted by atomic mass is 32.2. The zero-order chi connectivity index (χ0) is 16.1. The van der Waals surface area contributed by atoms with E-state index in [1.54, 1.807) is 12.1 Å². The summed E-state index contributed by atoms with van der Waals surface area (Å²) in [5, 5.41) is 3.94. The maximum absolute atomic E-state index is 12.2. The molecule has 0 unspecified atom stereocenters. The van der Waals surface area contributed by atoms with Crippen LogP contribution >= 0.6 is 11.8 Å². The van der Waals surface area contributed by atoms with E-state index in [1.807, 2.05) is 54.8 Å². The third kappa shape index (κ3) is 3.63. The van der Waals surface area contributed by atoms with Gasteiger partial charge in [-0.15, -0.1) is 11.8 Å². The number of thioether (sulfide) groups is 1. The number of rotatable bonds is 5. The molecule has 0 saturated carbocycles. The van der Waals surface area contributed by atoms with Crippen molar-refractivity contribution in [1.82, 2.24) is 5.16 Å². The van der Waals surface area contributed by atoms with E-state index in [0.29, 0.717) is 17.0 Å². The van der Waals surface area contributed by atoms with Crippen molar-refractivity contribution >= 4 is 17.7 Å². The molecule has 0 amide bonds. The first kappa shape index (κ1) is 15.4. The van der Waals surface area contributed by atoms with Gasteiger partial charge in [0.25, 0.3) is 0 Å². The molecule has 2 aromatic carbocycles. The molecular weight excluding hydrogens is 310 g/mol. The molecule has 0 aliphatic heterocycles. The molecule has 3 aromatic rings. The summed E-state index contributed by atoms with van der Waals surface area (Å²) < 4.78 is 10.6. The van der Waals surface area contributed by atoms with Crippen LogP contribution in [0.4, 0.5) is 0 Å². The predicted octanol–water partition coefficient (Wildman–Crippen LogP) is 4.42. The lowest BCUT2D eigenvalue weighted by Gasteiger charge is -2.06. The van der Waals surface area contributed by atoms with Gasteiger partial charge in [-0.05, 0) is 18.4 Å². The number of hydrogen-bond acceptors (Lipinski definition) is 5. The standard InChI is InChI=1S/C18H15NO3S/c1-23-17-10-6-5-9-15(17)18(20)21-12-14-11-16(22-19-14)13-7-3-2-4-8-13/h2-11H,12H2,1H3. The van der Waals surface area contributed by atoms with Gasteiger partial charge in [-0.3, -0.25) is 0 Å². The minimum Gasteiger partial charge on any atom is -0.455 e. The molecular formula is C18H15NO3S. The van der Waals surface area contributed by atoms with Crippen molar-refractivity contribution < 1.29 is 14.1 Å². The van der Waals surface area contributed by atoms with E-state index in [0.717, 1.165) is 10.5 Å². The normalized spacial score (nSPS) is 10.5.